The molecule has 0 saturated carbocycles. The van der Waals surface area contributed by atoms with Gasteiger partial charge in [0.15, 0.2) is 0 Å². The van der Waals surface area contributed by atoms with Crippen LogP contribution in [0.2, 0.25) is 0 Å². The molecule has 2 N–H and O–H groups in total. The van der Waals surface area contributed by atoms with E-state index in [9.17, 15) is 18.0 Å². The summed E-state index contributed by atoms with van der Waals surface area (Å²) in [5, 5.41) is 4.23. The number of carbonyl (C=O) groups excluding carboxylic acids is 1. The number of aryl methyl sites for hydroxylation is 1. The smallest absolute Gasteiger partial charge is 0.416 e. The first-order valence-corrected chi connectivity index (χ1v) is 11.6. The van der Waals surface area contributed by atoms with E-state index in [0.717, 1.165) is 31.3 Å². The van der Waals surface area contributed by atoms with Gasteiger partial charge in [0.05, 0.1) is 24.5 Å². The van der Waals surface area contributed by atoms with Gasteiger partial charge in [0.2, 0.25) is 5.91 Å². The van der Waals surface area contributed by atoms with Crippen LogP contribution >= 0.6 is 0 Å². The summed E-state index contributed by atoms with van der Waals surface area (Å²) in [5.74, 6) is -0.260. The van der Waals surface area contributed by atoms with Crippen molar-refractivity contribution in [3.05, 3.63) is 59.8 Å². The van der Waals surface area contributed by atoms with E-state index in [4.69, 9.17) is 15.2 Å². The lowest BCUT2D eigenvalue weighted by Gasteiger charge is -2.40. The molecule has 192 valence electrons. The lowest BCUT2D eigenvalue weighted by Crippen LogP contribution is -2.53. The van der Waals surface area contributed by atoms with Crippen LogP contribution in [0.1, 0.15) is 29.8 Å². The molecule has 0 aliphatic carbocycles. The number of benzene rings is 2. The summed E-state index contributed by atoms with van der Waals surface area (Å²) in [5.41, 5.74) is 6.21. The van der Waals surface area contributed by atoms with Crippen molar-refractivity contribution in [1.82, 2.24) is 14.7 Å². The minimum atomic E-state index is -4.57. The first-order chi connectivity index (χ1) is 17.0. The summed E-state index contributed by atoms with van der Waals surface area (Å²) in [7, 11) is 1.77. The largest absolute Gasteiger partial charge is 0.491 e. The van der Waals surface area contributed by atoms with Crippen molar-refractivity contribution in [1.29, 1.82) is 0 Å². The fourth-order valence-corrected chi connectivity index (χ4v) is 4.35. The van der Waals surface area contributed by atoms with Gasteiger partial charge in [-0.05, 0) is 61.4 Å². The maximum atomic E-state index is 13.4. The number of primary amides is 1. The third-order valence-electron chi connectivity index (χ3n) is 6.45. The molecule has 0 radical (unpaired) electrons. The minimum Gasteiger partial charge on any atom is -0.491 e. The fourth-order valence-electron chi connectivity index (χ4n) is 4.35. The highest BCUT2D eigenvalue weighted by molar-refractivity contribution is 6.00. The number of hydrogen-bond acceptors (Lipinski definition) is 5. The van der Waals surface area contributed by atoms with Crippen molar-refractivity contribution in [2.75, 3.05) is 32.9 Å². The van der Waals surface area contributed by atoms with Crippen LogP contribution in [0.3, 0.4) is 0 Å². The van der Waals surface area contributed by atoms with Crippen LogP contribution < -0.4 is 10.5 Å². The molecule has 1 aromatic heterocycles. The van der Waals surface area contributed by atoms with Crippen molar-refractivity contribution in [3.8, 4) is 28.1 Å². The SMILES string of the molecule is Cn1nccc1-c1cc(-c2cc(C(F)(F)F)ccc2C(N)=O)ccc1OCC(C)(C)N1CCOCC1. The van der Waals surface area contributed by atoms with E-state index in [0.29, 0.717) is 42.4 Å². The Kier molecular flexibility index (Phi) is 7.10. The van der Waals surface area contributed by atoms with Gasteiger partial charge in [0, 0.05) is 43.0 Å². The molecule has 0 unspecified atom stereocenters. The normalized spacial score (nSPS) is 15.2. The highest BCUT2D eigenvalue weighted by atomic mass is 19.4. The first kappa shape index (κ1) is 25.7. The second kappa shape index (κ2) is 9.94. The van der Waals surface area contributed by atoms with Crippen molar-refractivity contribution in [2.45, 2.75) is 25.6 Å². The molecule has 1 aliphatic heterocycles. The van der Waals surface area contributed by atoms with E-state index in [1.807, 2.05) is 0 Å². The van der Waals surface area contributed by atoms with E-state index in [1.165, 1.54) is 0 Å². The maximum Gasteiger partial charge on any atom is 0.416 e. The predicted molar refractivity (Wildman–Crippen MR) is 130 cm³/mol. The fraction of sp³-hybridized carbons (Fsp3) is 0.385. The van der Waals surface area contributed by atoms with Crippen molar-refractivity contribution < 1.29 is 27.4 Å². The zero-order chi connectivity index (χ0) is 26.1. The molecule has 0 bridgehead atoms. The van der Waals surface area contributed by atoms with Gasteiger partial charge in [0.25, 0.3) is 0 Å². The Morgan fingerprint density at radius 1 is 1.08 bits per heavy atom. The number of aromatic nitrogens is 2. The van der Waals surface area contributed by atoms with E-state index >= 15 is 0 Å². The van der Waals surface area contributed by atoms with Gasteiger partial charge >= 0.3 is 6.18 Å². The lowest BCUT2D eigenvalue weighted by molar-refractivity contribution is -0.137. The quantitative estimate of drug-likeness (QED) is 0.519. The summed E-state index contributed by atoms with van der Waals surface area (Å²) in [6.07, 6.45) is -2.94. The molecular weight excluding hydrogens is 473 g/mol. The van der Waals surface area contributed by atoms with Crippen LogP contribution in [0.15, 0.2) is 48.7 Å². The van der Waals surface area contributed by atoms with E-state index < -0.39 is 17.6 Å². The van der Waals surface area contributed by atoms with Gasteiger partial charge in [0.1, 0.15) is 12.4 Å². The van der Waals surface area contributed by atoms with Crippen LogP contribution in [0.5, 0.6) is 5.75 Å². The van der Waals surface area contributed by atoms with E-state index in [-0.39, 0.29) is 16.7 Å². The maximum absolute atomic E-state index is 13.4. The average molecular weight is 503 g/mol. The summed E-state index contributed by atoms with van der Waals surface area (Å²) < 4.78 is 53.7. The Bertz CT molecular complexity index is 1250. The number of nitrogens with two attached hydrogens (primary N) is 1. The molecule has 1 aliphatic rings. The second-order valence-corrected chi connectivity index (χ2v) is 9.37. The van der Waals surface area contributed by atoms with E-state index in [2.05, 4.69) is 23.8 Å². The Morgan fingerprint density at radius 2 is 1.81 bits per heavy atom. The molecule has 2 heterocycles. The predicted octanol–water partition coefficient (Wildman–Crippen LogP) is 4.36. The van der Waals surface area contributed by atoms with Gasteiger partial charge in [-0.2, -0.15) is 18.3 Å². The van der Waals surface area contributed by atoms with Crippen LogP contribution in [0, 0.1) is 0 Å². The first-order valence-electron chi connectivity index (χ1n) is 11.6. The van der Waals surface area contributed by atoms with Gasteiger partial charge in [-0.25, -0.2) is 0 Å². The Morgan fingerprint density at radius 3 is 2.42 bits per heavy atom. The van der Waals surface area contributed by atoms with Crippen molar-refractivity contribution in [2.24, 2.45) is 12.8 Å². The number of amides is 1. The van der Waals surface area contributed by atoms with Gasteiger partial charge in [-0.15, -0.1) is 0 Å². The summed E-state index contributed by atoms with van der Waals surface area (Å²) in [4.78, 5) is 14.3. The molecule has 2 aromatic carbocycles. The topological polar surface area (TPSA) is 82.6 Å². The number of halogens is 3. The Labute approximate surface area is 207 Å². The Balaban J connectivity index is 1.75. The van der Waals surface area contributed by atoms with Crippen molar-refractivity contribution >= 4 is 5.91 Å². The highest BCUT2D eigenvalue weighted by Gasteiger charge is 2.32. The minimum absolute atomic E-state index is 0.000996. The molecule has 36 heavy (non-hydrogen) atoms. The molecular formula is C26H29F3N4O3. The second-order valence-electron chi connectivity index (χ2n) is 9.37. The third-order valence-corrected chi connectivity index (χ3v) is 6.45. The number of alkyl halides is 3. The van der Waals surface area contributed by atoms with Crippen LogP contribution in [0.25, 0.3) is 22.4 Å². The van der Waals surface area contributed by atoms with Gasteiger partial charge in [-0.1, -0.05) is 6.07 Å². The monoisotopic (exact) mass is 502 g/mol. The van der Waals surface area contributed by atoms with E-state index in [1.54, 1.807) is 42.2 Å². The van der Waals surface area contributed by atoms with Gasteiger partial charge < -0.3 is 15.2 Å². The van der Waals surface area contributed by atoms with Crippen LogP contribution in [-0.2, 0) is 18.0 Å². The zero-order valence-corrected chi connectivity index (χ0v) is 20.4. The molecule has 4 rings (SSSR count). The molecule has 0 spiro atoms. The average Bonchev–Trinajstić information content (AvgIpc) is 3.28. The number of carbonyl (C=O) groups is 1. The number of nitrogens with zero attached hydrogens (tertiary/aromatic N) is 3. The standard InChI is InChI=1S/C26H29F3N4O3/c1-25(2,33-10-12-35-13-11-33)16-36-23-7-4-17(14-21(23)22-8-9-31-32(22)3)20-15-18(26(27,28)29)5-6-19(20)24(30)34/h4-9,14-15H,10-13,16H2,1-3H3,(H2,30,34). The Hall–Kier alpha value is -3.37. The highest BCUT2D eigenvalue weighted by Crippen LogP contribution is 2.38. The van der Waals surface area contributed by atoms with Crippen LogP contribution in [-0.4, -0.2) is 59.0 Å². The summed E-state index contributed by atoms with van der Waals surface area (Å²) in [6, 6.07) is 9.76. The molecule has 3 aromatic rings. The molecule has 0 atom stereocenters. The number of rotatable bonds is 7. The lowest BCUT2D eigenvalue weighted by atomic mass is 9.94. The molecule has 10 heteroatoms. The van der Waals surface area contributed by atoms with Gasteiger partial charge in [-0.3, -0.25) is 14.4 Å². The third kappa shape index (κ3) is 5.39. The number of hydrogen-bond donors (Lipinski definition) is 1. The molecule has 7 nitrogen and oxygen atoms in total. The number of ether oxygens (including phenoxy) is 2. The van der Waals surface area contributed by atoms with Crippen molar-refractivity contribution in [3.63, 3.8) is 0 Å². The van der Waals surface area contributed by atoms with Crippen LogP contribution in [0.4, 0.5) is 13.2 Å². The molecule has 1 saturated heterocycles. The molecule has 1 fully saturated rings. The number of morpholine rings is 1. The summed E-state index contributed by atoms with van der Waals surface area (Å²) in [6.45, 7) is 7.50. The summed E-state index contributed by atoms with van der Waals surface area (Å²) >= 11 is 0. The zero-order valence-electron chi connectivity index (χ0n) is 20.4. The molecule has 1 amide bonds.